The number of benzene rings is 1. The van der Waals surface area contributed by atoms with E-state index < -0.39 is 0 Å². The second kappa shape index (κ2) is 7.18. The number of hydrogen-bond acceptors (Lipinski definition) is 2. The summed E-state index contributed by atoms with van der Waals surface area (Å²) >= 11 is 0. The van der Waals surface area contributed by atoms with Crippen molar-refractivity contribution in [2.75, 3.05) is 6.61 Å². The van der Waals surface area contributed by atoms with Crippen molar-refractivity contribution >= 4 is 5.78 Å². The monoisotopic (exact) mass is 220 g/mol. The van der Waals surface area contributed by atoms with Crippen molar-refractivity contribution < 1.29 is 9.53 Å². The fourth-order valence-electron chi connectivity index (χ4n) is 1.51. The molecule has 0 radical (unpaired) electrons. The van der Waals surface area contributed by atoms with Gasteiger partial charge in [0.2, 0.25) is 0 Å². The van der Waals surface area contributed by atoms with Crippen LogP contribution in [0.25, 0.3) is 0 Å². The van der Waals surface area contributed by atoms with Crippen LogP contribution in [0, 0.1) is 5.92 Å². The molecule has 0 unspecified atom stereocenters. The molecule has 0 heterocycles. The lowest BCUT2D eigenvalue weighted by Gasteiger charge is -2.05. The van der Waals surface area contributed by atoms with Gasteiger partial charge in [-0.2, -0.15) is 0 Å². The summed E-state index contributed by atoms with van der Waals surface area (Å²) in [5.41, 5.74) is 1.15. The summed E-state index contributed by atoms with van der Waals surface area (Å²) in [6, 6.07) is 10.0. The molecule has 0 spiro atoms. The molecular formula is C14H20O2. The van der Waals surface area contributed by atoms with E-state index in [1.54, 1.807) is 0 Å². The van der Waals surface area contributed by atoms with Gasteiger partial charge in [0, 0.05) is 12.8 Å². The predicted octanol–water partition coefficient (Wildman–Crippen LogP) is 3.21. The van der Waals surface area contributed by atoms with Gasteiger partial charge in [0.05, 0.1) is 13.2 Å². The van der Waals surface area contributed by atoms with Crippen molar-refractivity contribution in [1.82, 2.24) is 0 Å². The lowest BCUT2D eigenvalue weighted by atomic mass is 10.1. The van der Waals surface area contributed by atoms with E-state index in [9.17, 15) is 4.79 Å². The van der Waals surface area contributed by atoms with Gasteiger partial charge in [-0.25, -0.2) is 0 Å². The number of Topliss-reactive ketones (excluding diaryl/α,β-unsaturated/α-hetero) is 1. The van der Waals surface area contributed by atoms with Crippen LogP contribution in [0.1, 0.15) is 32.3 Å². The van der Waals surface area contributed by atoms with E-state index in [1.165, 1.54) is 0 Å². The second-order valence-corrected chi connectivity index (χ2v) is 4.42. The maximum atomic E-state index is 11.4. The average Bonchev–Trinajstić information content (AvgIpc) is 2.25. The summed E-state index contributed by atoms with van der Waals surface area (Å²) in [7, 11) is 0. The Morgan fingerprint density at radius 2 is 1.94 bits per heavy atom. The molecule has 1 aromatic carbocycles. The van der Waals surface area contributed by atoms with Crippen LogP contribution >= 0.6 is 0 Å². The van der Waals surface area contributed by atoms with Crippen LogP contribution in [0.3, 0.4) is 0 Å². The molecule has 16 heavy (non-hydrogen) atoms. The van der Waals surface area contributed by atoms with Gasteiger partial charge in [-0.3, -0.25) is 4.79 Å². The number of ketones is 1. The van der Waals surface area contributed by atoms with Crippen molar-refractivity contribution in [3.8, 4) is 0 Å². The summed E-state index contributed by atoms with van der Waals surface area (Å²) in [4.78, 5) is 11.4. The van der Waals surface area contributed by atoms with E-state index in [1.807, 2.05) is 30.3 Å². The van der Waals surface area contributed by atoms with Crippen molar-refractivity contribution in [2.45, 2.75) is 33.3 Å². The predicted molar refractivity (Wildman–Crippen MR) is 65.2 cm³/mol. The van der Waals surface area contributed by atoms with E-state index >= 15 is 0 Å². The summed E-state index contributed by atoms with van der Waals surface area (Å²) in [5, 5.41) is 0. The fraction of sp³-hybridized carbons (Fsp3) is 0.500. The Hall–Kier alpha value is -1.15. The minimum atomic E-state index is 0.295. The molecule has 0 N–H and O–H groups in total. The first-order valence-electron chi connectivity index (χ1n) is 5.82. The third kappa shape index (κ3) is 5.66. The van der Waals surface area contributed by atoms with Gasteiger partial charge in [-0.1, -0.05) is 44.2 Å². The van der Waals surface area contributed by atoms with Crippen molar-refractivity contribution in [1.29, 1.82) is 0 Å². The Bertz CT molecular complexity index is 304. The number of rotatable bonds is 7. The Balaban J connectivity index is 2.10. The van der Waals surface area contributed by atoms with Crippen LogP contribution < -0.4 is 0 Å². The molecule has 0 bridgehead atoms. The second-order valence-electron chi connectivity index (χ2n) is 4.42. The summed E-state index contributed by atoms with van der Waals surface area (Å²) < 4.78 is 5.45. The van der Waals surface area contributed by atoms with Crippen LogP contribution in [-0.2, 0) is 16.1 Å². The summed E-state index contributed by atoms with van der Waals surface area (Å²) in [6.45, 7) is 5.24. The Labute approximate surface area is 97.6 Å². The Morgan fingerprint density at radius 3 is 2.56 bits per heavy atom. The van der Waals surface area contributed by atoms with E-state index in [2.05, 4.69) is 13.8 Å². The minimum absolute atomic E-state index is 0.295. The van der Waals surface area contributed by atoms with Gasteiger partial charge in [0.15, 0.2) is 0 Å². The SMILES string of the molecule is CC(C)CC(=O)CCOCc1ccccc1. The molecule has 0 saturated carbocycles. The molecule has 1 aromatic rings. The van der Waals surface area contributed by atoms with Gasteiger partial charge in [0.1, 0.15) is 5.78 Å². The Morgan fingerprint density at radius 1 is 1.25 bits per heavy atom. The summed E-state index contributed by atoms with van der Waals surface area (Å²) in [6.07, 6.45) is 1.19. The molecule has 2 heteroatoms. The smallest absolute Gasteiger partial charge is 0.135 e. The van der Waals surface area contributed by atoms with Gasteiger partial charge in [0.25, 0.3) is 0 Å². The van der Waals surface area contributed by atoms with E-state index in [4.69, 9.17) is 4.74 Å². The van der Waals surface area contributed by atoms with Gasteiger partial charge in [-0.15, -0.1) is 0 Å². The zero-order chi connectivity index (χ0) is 11.8. The van der Waals surface area contributed by atoms with Crippen LogP contribution in [0.15, 0.2) is 30.3 Å². The molecule has 0 atom stereocenters. The molecule has 0 saturated heterocycles. The van der Waals surface area contributed by atoms with Gasteiger partial charge < -0.3 is 4.74 Å². The Kier molecular flexibility index (Phi) is 5.79. The van der Waals surface area contributed by atoms with Gasteiger partial charge in [-0.05, 0) is 11.5 Å². The highest BCUT2D eigenvalue weighted by Gasteiger charge is 2.04. The standard InChI is InChI=1S/C14H20O2/c1-12(2)10-14(15)8-9-16-11-13-6-4-3-5-7-13/h3-7,12H,8-11H2,1-2H3. The highest BCUT2D eigenvalue weighted by atomic mass is 16.5. The largest absolute Gasteiger partial charge is 0.376 e. The van der Waals surface area contributed by atoms with Crippen molar-refractivity contribution in [2.24, 2.45) is 5.92 Å². The van der Waals surface area contributed by atoms with E-state index in [-0.39, 0.29) is 0 Å². The highest BCUT2D eigenvalue weighted by molar-refractivity contribution is 5.78. The first kappa shape index (κ1) is 12.9. The summed E-state index contributed by atoms with van der Waals surface area (Å²) in [5.74, 6) is 0.740. The molecule has 0 amide bonds. The van der Waals surface area contributed by atoms with Crippen molar-refractivity contribution in [3.05, 3.63) is 35.9 Å². The quantitative estimate of drug-likeness (QED) is 0.659. The molecule has 0 aliphatic heterocycles. The molecule has 2 nitrogen and oxygen atoms in total. The number of carbonyl (C=O) groups is 1. The van der Waals surface area contributed by atoms with Crippen molar-refractivity contribution in [3.63, 3.8) is 0 Å². The zero-order valence-corrected chi connectivity index (χ0v) is 10.1. The molecule has 0 aromatic heterocycles. The molecule has 1 rings (SSSR count). The lowest BCUT2D eigenvalue weighted by molar-refractivity contribution is -0.120. The van der Waals surface area contributed by atoms with E-state index in [0.29, 0.717) is 37.8 Å². The highest BCUT2D eigenvalue weighted by Crippen LogP contribution is 2.04. The van der Waals surface area contributed by atoms with E-state index in [0.717, 1.165) is 5.56 Å². The first-order valence-corrected chi connectivity index (χ1v) is 5.82. The molecule has 0 aliphatic carbocycles. The lowest BCUT2D eigenvalue weighted by Crippen LogP contribution is -2.07. The van der Waals surface area contributed by atoms with Crippen LogP contribution in [-0.4, -0.2) is 12.4 Å². The third-order valence-electron chi connectivity index (χ3n) is 2.27. The van der Waals surface area contributed by atoms with Crippen LogP contribution in [0.4, 0.5) is 0 Å². The minimum Gasteiger partial charge on any atom is -0.376 e. The van der Waals surface area contributed by atoms with Gasteiger partial charge >= 0.3 is 0 Å². The normalized spacial score (nSPS) is 10.7. The fourth-order valence-corrected chi connectivity index (χ4v) is 1.51. The zero-order valence-electron chi connectivity index (χ0n) is 10.1. The maximum absolute atomic E-state index is 11.4. The van der Waals surface area contributed by atoms with Crippen LogP contribution in [0.2, 0.25) is 0 Å². The first-order chi connectivity index (χ1) is 7.68. The number of carbonyl (C=O) groups excluding carboxylic acids is 1. The van der Waals surface area contributed by atoms with Crippen LogP contribution in [0.5, 0.6) is 0 Å². The number of ether oxygens (including phenoxy) is 1. The topological polar surface area (TPSA) is 26.3 Å². The number of hydrogen-bond donors (Lipinski definition) is 0. The molecule has 88 valence electrons. The molecular weight excluding hydrogens is 200 g/mol. The molecule has 0 fully saturated rings. The maximum Gasteiger partial charge on any atom is 0.135 e. The molecule has 0 aliphatic rings. The average molecular weight is 220 g/mol. The third-order valence-corrected chi connectivity index (χ3v) is 2.27.